The third-order valence-electron chi connectivity index (χ3n) is 3.08. The van der Waals surface area contributed by atoms with E-state index >= 15 is 0 Å². The van der Waals surface area contributed by atoms with Gasteiger partial charge in [-0.15, -0.1) is 10.2 Å². The molecule has 0 aliphatic carbocycles. The van der Waals surface area contributed by atoms with Gasteiger partial charge < -0.3 is 5.32 Å². The Labute approximate surface area is 116 Å². The highest BCUT2D eigenvalue weighted by molar-refractivity contribution is 7.15. The Kier molecular flexibility index (Phi) is 4.44. The van der Waals surface area contributed by atoms with Gasteiger partial charge in [0.1, 0.15) is 10.8 Å². The Hall–Kier alpha value is -1.53. The highest BCUT2D eigenvalue weighted by Gasteiger charge is 2.16. The molecule has 1 N–H and O–H groups in total. The molecule has 4 nitrogen and oxygen atoms in total. The van der Waals surface area contributed by atoms with Crippen LogP contribution in [-0.4, -0.2) is 29.2 Å². The normalized spacial score (nSPS) is 12.7. The average Bonchev–Trinajstić information content (AvgIpc) is 2.86. The molecule has 1 unspecified atom stereocenters. The number of hydrogen-bond acceptors (Lipinski definition) is 5. The van der Waals surface area contributed by atoms with Gasteiger partial charge in [0, 0.05) is 18.7 Å². The summed E-state index contributed by atoms with van der Waals surface area (Å²) >= 11 is 1.51. The number of nitrogens with one attached hydrogen (secondary N) is 1. The number of rotatable bonds is 5. The quantitative estimate of drug-likeness (QED) is 0.914. The lowest BCUT2D eigenvalue weighted by Crippen LogP contribution is -2.22. The summed E-state index contributed by atoms with van der Waals surface area (Å²) in [5, 5.41) is 12.8. The molecule has 0 amide bonds. The van der Waals surface area contributed by atoms with Gasteiger partial charge >= 0.3 is 0 Å². The van der Waals surface area contributed by atoms with Crippen LogP contribution in [-0.2, 0) is 6.54 Å². The molecule has 0 saturated carbocycles. The number of benzene rings is 1. The van der Waals surface area contributed by atoms with Crippen molar-refractivity contribution in [3.8, 4) is 0 Å². The number of halogens is 1. The zero-order valence-corrected chi connectivity index (χ0v) is 12.0. The minimum Gasteiger partial charge on any atom is -0.363 e. The van der Waals surface area contributed by atoms with E-state index in [1.165, 1.54) is 17.4 Å². The fourth-order valence-electron chi connectivity index (χ4n) is 1.82. The Balaban J connectivity index is 2.07. The molecule has 0 aliphatic rings. The molecule has 19 heavy (non-hydrogen) atoms. The highest BCUT2D eigenvalue weighted by Crippen LogP contribution is 2.24. The molecule has 0 radical (unpaired) electrons. The first-order valence-electron chi connectivity index (χ1n) is 6.06. The van der Waals surface area contributed by atoms with Crippen molar-refractivity contribution in [2.45, 2.75) is 19.5 Å². The van der Waals surface area contributed by atoms with E-state index in [0.717, 1.165) is 10.1 Å². The van der Waals surface area contributed by atoms with Crippen LogP contribution < -0.4 is 5.32 Å². The van der Waals surface area contributed by atoms with Gasteiger partial charge in [0.2, 0.25) is 5.13 Å². The first-order chi connectivity index (χ1) is 9.11. The van der Waals surface area contributed by atoms with Crippen molar-refractivity contribution < 1.29 is 4.39 Å². The smallest absolute Gasteiger partial charge is 0.205 e. The number of hydrogen-bond donors (Lipinski definition) is 1. The Morgan fingerprint density at radius 3 is 2.74 bits per heavy atom. The van der Waals surface area contributed by atoms with Crippen LogP contribution >= 0.6 is 11.3 Å². The summed E-state index contributed by atoms with van der Waals surface area (Å²) in [5.74, 6) is -0.171. The average molecular weight is 280 g/mol. The monoisotopic (exact) mass is 280 g/mol. The Morgan fingerprint density at radius 1 is 1.37 bits per heavy atom. The summed E-state index contributed by atoms with van der Waals surface area (Å²) in [5.41, 5.74) is 0.698. The first-order valence-corrected chi connectivity index (χ1v) is 6.88. The minimum atomic E-state index is -0.171. The van der Waals surface area contributed by atoms with Gasteiger partial charge in [-0.05, 0) is 20.0 Å². The summed E-state index contributed by atoms with van der Waals surface area (Å²) in [4.78, 5) is 2.05. The summed E-state index contributed by atoms with van der Waals surface area (Å²) < 4.78 is 13.7. The van der Waals surface area contributed by atoms with Gasteiger partial charge in [-0.3, -0.25) is 4.90 Å². The molecule has 1 aromatic carbocycles. The molecule has 0 aliphatic heterocycles. The molecule has 6 heteroatoms. The van der Waals surface area contributed by atoms with Crippen LogP contribution in [0.3, 0.4) is 0 Å². The van der Waals surface area contributed by atoms with Gasteiger partial charge in [-0.2, -0.15) is 0 Å². The Morgan fingerprint density at radius 2 is 2.11 bits per heavy atom. The van der Waals surface area contributed by atoms with Gasteiger partial charge in [0.05, 0.1) is 6.54 Å². The van der Waals surface area contributed by atoms with Crippen LogP contribution in [0.4, 0.5) is 9.52 Å². The predicted molar refractivity (Wildman–Crippen MR) is 75.7 cm³/mol. The second-order valence-electron chi connectivity index (χ2n) is 4.36. The lowest BCUT2D eigenvalue weighted by molar-refractivity contribution is 0.247. The molecule has 1 aromatic heterocycles. The zero-order chi connectivity index (χ0) is 13.8. The number of anilines is 1. The summed E-state index contributed by atoms with van der Waals surface area (Å²) in [7, 11) is 3.77. The SMILES string of the molecule is CNc1nnc(CN(C)C(C)c2ccccc2F)s1. The third kappa shape index (κ3) is 3.27. The lowest BCUT2D eigenvalue weighted by Gasteiger charge is -2.24. The molecule has 0 fully saturated rings. The van der Waals surface area contributed by atoms with Gasteiger partial charge in [0.25, 0.3) is 0 Å². The van der Waals surface area contributed by atoms with Gasteiger partial charge in [-0.25, -0.2) is 4.39 Å². The van der Waals surface area contributed by atoms with E-state index in [0.29, 0.717) is 12.1 Å². The van der Waals surface area contributed by atoms with E-state index in [1.807, 2.05) is 33.2 Å². The summed E-state index contributed by atoms with van der Waals surface area (Å²) in [6.45, 7) is 2.63. The largest absolute Gasteiger partial charge is 0.363 e. The Bertz CT molecular complexity index is 543. The molecule has 102 valence electrons. The van der Waals surface area contributed by atoms with Crippen molar-refractivity contribution in [3.05, 3.63) is 40.7 Å². The van der Waals surface area contributed by atoms with E-state index in [1.54, 1.807) is 6.07 Å². The number of aromatic nitrogens is 2. The van der Waals surface area contributed by atoms with Crippen molar-refractivity contribution in [3.63, 3.8) is 0 Å². The maximum Gasteiger partial charge on any atom is 0.205 e. The van der Waals surface area contributed by atoms with Crippen LogP contribution in [0.15, 0.2) is 24.3 Å². The molecule has 2 aromatic rings. The molecule has 0 saturated heterocycles. The lowest BCUT2D eigenvalue weighted by atomic mass is 10.1. The van der Waals surface area contributed by atoms with Gasteiger partial charge in [-0.1, -0.05) is 29.5 Å². The zero-order valence-electron chi connectivity index (χ0n) is 11.2. The topological polar surface area (TPSA) is 41.1 Å². The van der Waals surface area contributed by atoms with Crippen LogP contribution in [0, 0.1) is 5.82 Å². The van der Waals surface area contributed by atoms with Crippen molar-refractivity contribution in [1.29, 1.82) is 0 Å². The van der Waals surface area contributed by atoms with Crippen molar-refractivity contribution >= 4 is 16.5 Å². The molecule has 1 heterocycles. The molecular weight excluding hydrogens is 263 g/mol. The number of nitrogens with zero attached hydrogens (tertiary/aromatic N) is 3. The van der Waals surface area contributed by atoms with Crippen molar-refractivity contribution in [2.24, 2.45) is 0 Å². The first kappa shape index (κ1) is 13.9. The maximum atomic E-state index is 13.7. The van der Waals surface area contributed by atoms with Crippen LogP contribution in [0.2, 0.25) is 0 Å². The van der Waals surface area contributed by atoms with Crippen molar-refractivity contribution in [2.75, 3.05) is 19.4 Å². The maximum absolute atomic E-state index is 13.7. The van der Waals surface area contributed by atoms with Crippen LogP contribution in [0.25, 0.3) is 0 Å². The van der Waals surface area contributed by atoms with E-state index < -0.39 is 0 Å². The molecule has 1 atom stereocenters. The van der Waals surface area contributed by atoms with Crippen LogP contribution in [0.5, 0.6) is 0 Å². The molecule has 2 rings (SSSR count). The summed E-state index contributed by atoms with van der Waals surface area (Å²) in [6, 6.07) is 6.85. The standard InChI is InChI=1S/C13H17FN4S/c1-9(10-6-4-5-7-11(10)14)18(3)8-12-16-17-13(15-2)19-12/h4-7,9H,8H2,1-3H3,(H,15,17). The van der Waals surface area contributed by atoms with E-state index in [9.17, 15) is 4.39 Å². The molecule has 0 spiro atoms. The van der Waals surface area contributed by atoms with Crippen LogP contribution in [0.1, 0.15) is 23.5 Å². The highest BCUT2D eigenvalue weighted by atomic mass is 32.1. The van der Waals surface area contributed by atoms with E-state index in [-0.39, 0.29) is 11.9 Å². The van der Waals surface area contributed by atoms with E-state index in [4.69, 9.17) is 0 Å². The molecule has 0 bridgehead atoms. The minimum absolute atomic E-state index is 0.0110. The second-order valence-corrected chi connectivity index (χ2v) is 5.43. The summed E-state index contributed by atoms with van der Waals surface area (Å²) in [6.07, 6.45) is 0. The van der Waals surface area contributed by atoms with Gasteiger partial charge in [0.15, 0.2) is 0 Å². The van der Waals surface area contributed by atoms with Crippen molar-refractivity contribution in [1.82, 2.24) is 15.1 Å². The third-order valence-corrected chi connectivity index (χ3v) is 4.01. The van der Waals surface area contributed by atoms with E-state index in [2.05, 4.69) is 20.4 Å². The molecular formula is C13H17FN4S. The predicted octanol–water partition coefficient (Wildman–Crippen LogP) is 2.91. The fraction of sp³-hybridized carbons (Fsp3) is 0.385. The fourth-order valence-corrected chi connectivity index (χ4v) is 2.58. The second kappa shape index (κ2) is 6.08.